The van der Waals surface area contributed by atoms with E-state index in [2.05, 4.69) is 74.1 Å². The summed E-state index contributed by atoms with van der Waals surface area (Å²) in [6.45, 7) is 16.2. The van der Waals surface area contributed by atoms with Crippen molar-refractivity contribution in [2.45, 2.75) is 47.1 Å². The van der Waals surface area contributed by atoms with Crippen molar-refractivity contribution in [2.75, 3.05) is 26.2 Å². The summed E-state index contributed by atoms with van der Waals surface area (Å²) in [6.07, 6.45) is 1.26. The van der Waals surface area contributed by atoms with Crippen LogP contribution in [-0.4, -0.2) is 43.7 Å². The highest BCUT2D eigenvalue weighted by molar-refractivity contribution is 6.87. The molecule has 20 heavy (non-hydrogen) atoms. The van der Waals surface area contributed by atoms with Gasteiger partial charge in [0.15, 0.2) is 0 Å². The van der Waals surface area contributed by atoms with Crippen molar-refractivity contribution in [3.05, 3.63) is 30.3 Å². The molecule has 3 heteroatoms. The molecule has 114 valence electrons. The van der Waals surface area contributed by atoms with Crippen molar-refractivity contribution in [3.63, 3.8) is 0 Å². The number of nitrogens with zero attached hydrogens (tertiary/aromatic N) is 2. The molecule has 0 N–H and O–H groups in total. The van der Waals surface area contributed by atoms with E-state index >= 15 is 0 Å². The van der Waals surface area contributed by atoms with Gasteiger partial charge >= 0.3 is 0 Å². The number of hydrogen-bond donors (Lipinski definition) is 0. The van der Waals surface area contributed by atoms with E-state index in [9.17, 15) is 0 Å². The Morgan fingerprint density at radius 2 is 1.20 bits per heavy atom. The molecule has 0 aliphatic rings. The Balaban J connectivity index is 3.40. The third-order valence-corrected chi connectivity index (χ3v) is 10.2. The molecule has 0 atom stereocenters. The van der Waals surface area contributed by atoms with Crippen molar-refractivity contribution in [2.24, 2.45) is 0 Å². The first-order valence-corrected chi connectivity index (χ1v) is 10.4. The van der Waals surface area contributed by atoms with Gasteiger partial charge < -0.3 is 9.13 Å². The van der Waals surface area contributed by atoms with E-state index in [0.29, 0.717) is 0 Å². The summed E-state index contributed by atoms with van der Waals surface area (Å²) in [6, 6.07) is 12.6. The van der Waals surface area contributed by atoms with Crippen LogP contribution in [0.2, 0.25) is 6.04 Å². The van der Waals surface area contributed by atoms with Crippen LogP contribution in [0.5, 0.6) is 0 Å². The summed E-state index contributed by atoms with van der Waals surface area (Å²) < 4.78 is 5.53. The SMILES string of the molecule is CCC[Si](c1ccccc1)(N(CC)CC)N(CC)CC. The van der Waals surface area contributed by atoms with E-state index in [1.807, 2.05) is 0 Å². The van der Waals surface area contributed by atoms with Crippen molar-refractivity contribution >= 4 is 13.6 Å². The van der Waals surface area contributed by atoms with Crippen LogP contribution in [0.4, 0.5) is 0 Å². The molecule has 0 fully saturated rings. The number of benzene rings is 1. The molecular formula is C17H32N2Si. The molecule has 0 amide bonds. The van der Waals surface area contributed by atoms with Gasteiger partial charge in [-0.1, -0.05) is 71.4 Å². The highest BCUT2D eigenvalue weighted by Gasteiger charge is 2.44. The third kappa shape index (κ3) is 3.33. The topological polar surface area (TPSA) is 6.48 Å². The molecular weight excluding hydrogens is 260 g/mol. The van der Waals surface area contributed by atoms with Crippen LogP contribution in [0.25, 0.3) is 0 Å². The minimum Gasteiger partial charge on any atom is -0.309 e. The summed E-state index contributed by atoms with van der Waals surface area (Å²) >= 11 is 0. The summed E-state index contributed by atoms with van der Waals surface area (Å²) in [5, 5.41) is 1.58. The minimum absolute atomic E-state index is 1.15. The lowest BCUT2D eigenvalue weighted by Gasteiger charge is -2.48. The van der Waals surface area contributed by atoms with E-state index in [1.165, 1.54) is 12.5 Å². The first kappa shape index (κ1) is 17.4. The Bertz CT molecular complexity index is 347. The summed E-state index contributed by atoms with van der Waals surface area (Å²) in [5.41, 5.74) is 0. The van der Waals surface area contributed by atoms with E-state index in [0.717, 1.165) is 26.2 Å². The van der Waals surface area contributed by atoms with Gasteiger partial charge in [0.05, 0.1) is 0 Å². The van der Waals surface area contributed by atoms with Crippen molar-refractivity contribution in [1.82, 2.24) is 9.13 Å². The fourth-order valence-electron chi connectivity index (χ4n) is 3.57. The second-order valence-electron chi connectivity index (χ2n) is 5.28. The Kier molecular flexibility index (Phi) is 7.49. The number of rotatable bonds is 9. The molecule has 1 rings (SSSR count). The van der Waals surface area contributed by atoms with Gasteiger partial charge in [0, 0.05) is 0 Å². The normalized spacial score (nSPS) is 12.3. The van der Waals surface area contributed by atoms with Crippen LogP contribution >= 0.6 is 0 Å². The fraction of sp³-hybridized carbons (Fsp3) is 0.647. The first-order valence-electron chi connectivity index (χ1n) is 8.26. The van der Waals surface area contributed by atoms with Crippen LogP contribution in [0.1, 0.15) is 41.0 Å². The zero-order valence-corrected chi connectivity index (χ0v) is 15.0. The maximum atomic E-state index is 2.76. The zero-order chi connectivity index (χ0) is 15.0. The molecule has 0 radical (unpaired) electrons. The Morgan fingerprint density at radius 1 is 0.750 bits per heavy atom. The lowest BCUT2D eigenvalue weighted by Crippen LogP contribution is -2.72. The van der Waals surface area contributed by atoms with Crippen LogP contribution in [-0.2, 0) is 0 Å². The van der Waals surface area contributed by atoms with Gasteiger partial charge in [-0.2, -0.15) is 0 Å². The fourth-order valence-corrected chi connectivity index (χ4v) is 9.14. The maximum absolute atomic E-state index is 2.76. The van der Waals surface area contributed by atoms with Crippen molar-refractivity contribution < 1.29 is 0 Å². The largest absolute Gasteiger partial charge is 0.309 e. The zero-order valence-electron chi connectivity index (χ0n) is 14.0. The maximum Gasteiger partial charge on any atom is 0.239 e. The molecule has 0 spiro atoms. The molecule has 0 bridgehead atoms. The Hall–Kier alpha value is -0.643. The second-order valence-corrected chi connectivity index (χ2v) is 9.25. The van der Waals surface area contributed by atoms with Gasteiger partial charge in [-0.15, -0.1) is 0 Å². The molecule has 0 unspecified atom stereocenters. The van der Waals surface area contributed by atoms with E-state index in [4.69, 9.17) is 0 Å². The van der Waals surface area contributed by atoms with Crippen LogP contribution in [0.15, 0.2) is 30.3 Å². The average Bonchev–Trinajstić information content (AvgIpc) is 2.50. The molecule has 2 nitrogen and oxygen atoms in total. The molecule has 0 aliphatic heterocycles. The summed E-state index contributed by atoms with van der Waals surface area (Å²) in [4.78, 5) is 0. The second kappa shape index (κ2) is 8.60. The van der Waals surface area contributed by atoms with Crippen molar-refractivity contribution in [3.8, 4) is 0 Å². The molecule has 0 aliphatic carbocycles. The van der Waals surface area contributed by atoms with E-state index in [1.54, 1.807) is 5.19 Å². The molecule has 1 aromatic rings. The highest BCUT2D eigenvalue weighted by atomic mass is 28.3. The van der Waals surface area contributed by atoms with Gasteiger partial charge in [0.25, 0.3) is 0 Å². The smallest absolute Gasteiger partial charge is 0.239 e. The van der Waals surface area contributed by atoms with Gasteiger partial charge in [-0.05, 0) is 37.4 Å². The first-order chi connectivity index (χ1) is 9.70. The molecule has 1 aromatic carbocycles. The minimum atomic E-state index is -1.76. The van der Waals surface area contributed by atoms with E-state index in [-0.39, 0.29) is 0 Å². The van der Waals surface area contributed by atoms with Crippen LogP contribution in [0.3, 0.4) is 0 Å². The summed E-state index contributed by atoms with van der Waals surface area (Å²) in [5.74, 6) is 0. The highest BCUT2D eigenvalue weighted by Crippen LogP contribution is 2.22. The standard InChI is InChI=1S/C17H32N2Si/c1-6-16-20(18(7-2)8-3,19(9-4)10-5)17-14-12-11-13-15-17/h11-15H,6-10,16H2,1-5H3. The third-order valence-electron chi connectivity index (χ3n) is 4.41. The quantitative estimate of drug-likeness (QED) is 0.643. The Labute approximate surface area is 127 Å². The lowest BCUT2D eigenvalue weighted by molar-refractivity contribution is 0.359. The predicted molar refractivity (Wildman–Crippen MR) is 92.8 cm³/mol. The van der Waals surface area contributed by atoms with Gasteiger partial charge in [-0.25, -0.2) is 0 Å². The van der Waals surface area contributed by atoms with Crippen molar-refractivity contribution in [1.29, 1.82) is 0 Å². The Morgan fingerprint density at radius 3 is 1.55 bits per heavy atom. The molecule has 0 saturated heterocycles. The summed E-state index contributed by atoms with van der Waals surface area (Å²) in [7, 11) is -1.76. The van der Waals surface area contributed by atoms with Gasteiger partial charge in [-0.3, -0.25) is 0 Å². The lowest BCUT2D eigenvalue weighted by atomic mass is 10.4. The number of hydrogen-bond acceptors (Lipinski definition) is 2. The monoisotopic (exact) mass is 292 g/mol. The van der Waals surface area contributed by atoms with Gasteiger partial charge in [0.1, 0.15) is 0 Å². The molecule has 0 aromatic heterocycles. The average molecular weight is 293 g/mol. The molecule has 0 saturated carbocycles. The van der Waals surface area contributed by atoms with Crippen LogP contribution in [0, 0.1) is 0 Å². The van der Waals surface area contributed by atoms with E-state index < -0.39 is 8.40 Å². The predicted octanol–water partition coefficient (Wildman–Crippen LogP) is 3.43. The van der Waals surface area contributed by atoms with Crippen LogP contribution < -0.4 is 5.19 Å². The molecule has 0 heterocycles. The van der Waals surface area contributed by atoms with Gasteiger partial charge in [0.2, 0.25) is 8.40 Å².